The number of imidazole rings is 1. The lowest BCUT2D eigenvalue weighted by atomic mass is 10.1. The van der Waals surface area contributed by atoms with E-state index < -0.39 is 0 Å². The molecule has 2 aliphatic heterocycles. The van der Waals surface area contributed by atoms with Crippen LogP contribution in [0, 0.1) is 5.92 Å². The average Bonchev–Trinajstić information content (AvgIpc) is 3.09. The van der Waals surface area contributed by atoms with Gasteiger partial charge in [-0.1, -0.05) is 0 Å². The van der Waals surface area contributed by atoms with Crippen molar-refractivity contribution in [3.63, 3.8) is 0 Å². The van der Waals surface area contributed by atoms with Gasteiger partial charge in [0.25, 0.3) is 0 Å². The molecule has 1 aromatic heterocycles. The number of hydrogen-bond donors (Lipinski definition) is 0. The highest BCUT2D eigenvalue weighted by molar-refractivity contribution is 5.77. The number of amides is 1. The Labute approximate surface area is 125 Å². The number of carbonyl (C=O) groups excluding carboxylic acids is 1. The van der Waals surface area contributed by atoms with Gasteiger partial charge in [-0.15, -0.1) is 0 Å². The molecular weight excluding hydrogens is 268 g/mol. The summed E-state index contributed by atoms with van der Waals surface area (Å²) < 4.78 is 7.89. The van der Waals surface area contributed by atoms with Crippen LogP contribution in [0.4, 0.5) is 0 Å². The van der Waals surface area contributed by atoms with E-state index in [2.05, 4.69) is 21.5 Å². The molecule has 0 aromatic carbocycles. The van der Waals surface area contributed by atoms with Gasteiger partial charge in [0, 0.05) is 44.8 Å². The fraction of sp³-hybridized carbons (Fsp3) is 0.733. The summed E-state index contributed by atoms with van der Waals surface area (Å²) in [5.41, 5.74) is 1.24. The van der Waals surface area contributed by atoms with Gasteiger partial charge < -0.3 is 19.1 Å². The van der Waals surface area contributed by atoms with Crippen molar-refractivity contribution < 1.29 is 9.53 Å². The number of carbonyl (C=O) groups is 1. The van der Waals surface area contributed by atoms with Crippen LogP contribution in [0.25, 0.3) is 0 Å². The molecule has 0 N–H and O–H groups in total. The number of likely N-dealkylation sites (tertiary alicyclic amines) is 1. The molecule has 0 radical (unpaired) electrons. The second-order valence-electron chi connectivity index (χ2n) is 6.20. The van der Waals surface area contributed by atoms with Crippen molar-refractivity contribution in [2.45, 2.75) is 25.9 Å². The van der Waals surface area contributed by atoms with Crippen molar-refractivity contribution in [2.24, 2.45) is 5.92 Å². The highest BCUT2D eigenvalue weighted by atomic mass is 16.5. The van der Waals surface area contributed by atoms with Gasteiger partial charge >= 0.3 is 0 Å². The molecule has 2 aliphatic rings. The topological polar surface area (TPSA) is 50.6 Å². The van der Waals surface area contributed by atoms with E-state index in [9.17, 15) is 4.79 Å². The zero-order valence-electron chi connectivity index (χ0n) is 12.7. The van der Waals surface area contributed by atoms with Crippen LogP contribution in [0.15, 0.2) is 12.5 Å². The van der Waals surface area contributed by atoms with Crippen LogP contribution >= 0.6 is 0 Å². The van der Waals surface area contributed by atoms with E-state index in [0.29, 0.717) is 12.5 Å². The van der Waals surface area contributed by atoms with E-state index in [1.807, 2.05) is 17.4 Å². The molecular formula is C15H24N4O2. The van der Waals surface area contributed by atoms with Gasteiger partial charge in [0.05, 0.1) is 18.6 Å². The zero-order valence-corrected chi connectivity index (χ0v) is 12.7. The fourth-order valence-corrected chi connectivity index (χ4v) is 3.24. The maximum atomic E-state index is 12.0. The summed E-state index contributed by atoms with van der Waals surface area (Å²) in [4.78, 5) is 20.4. The fourth-order valence-electron chi connectivity index (χ4n) is 3.24. The first kappa shape index (κ1) is 14.5. The van der Waals surface area contributed by atoms with Crippen molar-refractivity contribution in [1.82, 2.24) is 19.4 Å². The monoisotopic (exact) mass is 292 g/mol. The predicted octanol–water partition coefficient (Wildman–Crippen LogP) is 0.584. The molecule has 0 bridgehead atoms. The van der Waals surface area contributed by atoms with E-state index in [1.54, 1.807) is 0 Å². The van der Waals surface area contributed by atoms with Gasteiger partial charge in [-0.05, 0) is 19.9 Å². The third-order valence-electron chi connectivity index (χ3n) is 4.29. The highest BCUT2D eigenvalue weighted by Crippen LogP contribution is 2.15. The second kappa shape index (κ2) is 6.58. The van der Waals surface area contributed by atoms with Crippen molar-refractivity contribution in [2.75, 3.05) is 39.9 Å². The SMILES string of the molecule is CN1Cc2cncn2C[C@H](COCC(=O)N2CCCC2)C1. The minimum absolute atomic E-state index is 0.137. The lowest BCUT2D eigenvalue weighted by Gasteiger charge is -2.20. The van der Waals surface area contributed by atoms with Crippen LogP contribution in [0.1, 0.15) is 18.5 Å². The first-order chi connectivity index (χ1) is 10.2. The molecule has 0 unspecified atom stereocenters. The van der Waals surface area contributed by atoms with Crippen LogP contribution in [0.2, 0.25) is 0 Å². The third kappa shape index (κ3) is 3.63. The Bertz CT molecular complexity index is 482. The van der Waals surface area contributed by atoms with Gasteiger partial charge in [0.15, 0.2) is 0 Å². The molecule has 3 rings (SSSR count). The zero-order chi connectivity index (χ0) is 14.7. The molecule has 0 spiro atoms. The molecule has 116 valence electrons. The molecule has 1 aromatic rings. The van der Waals surface area contributed by atoms with Crippen molar-refractivity contribution >= 4 is 5.91 Å². The van der Waals surface area contributed by atoms with Gasteiger partial charge in [-0.2, -0.15) is 0 Å². The molecule has 0 saturated carbocycles. The van der Waals surface area contributed by atoms with Crippen LogP contribution in [0.3, 0.4) is 0 Å². The summed E-state index contributed by atoms with van der Waals surface area (Å²) in [6.07, 6.45) is 6.07. The predicted molar refractivity (Wildman–Crippen MR) is 78.7 cm³/mol. The van der Waals surface area contributed by atoms with E-state index in [-0.39, 0.29) is 12.5 Å². The molecule has 6 nitrogen and oxygen atoms in total. The first-order valence-corrected chi connectivity index (χ1v) is 7.75. The number of rotatable bonds is 4. The summed E-state index contributed by atoms with van der Waals surface area (Å²) in [6, 6.07) is 0. The Morgan fingerprint density at radius 3 is 3.00 bits per heavy atom. The van der Waals surface area contributed by atoms with E-state index >= 15 is 0 Å². The minimum atomic E-state index is 0.137. The van der Waals surface area contributed by atoms with Crippen LogP contribution in [0.5, 0.6) is 0 Å². The van der Waals surface area contributed by atoms with E-state index in [4.69, 9.17) is 4.74 Å². The van der Waals surface area contributed by atoms with Gasteiger partial charge in [0.2, 0.25) is 5.91 Å². The Kier molecular flexibility index (Phi) is 4.55. The quantitative estimate of drug-likeness (QED) is 0.815. The maximum Gasteiger partial charge on any atom is 0.248 e. The number of ether oxygens (including phenoxy) is 1. The Hall–Kier alpha value is -1.40. The van der Waals surface area contributed by atoms with Crippen molar-refractivity contribution in [3.8, 4) is 0 Å². The standard InChI is InChI=1S/C15H24N4O2/c1-17-7-13(8-19-12-16-6-14(19)9-17)10-21-11-15(20)18-4-2-3-5-18/h6,12-13H,2-5,7-11H2,1H3/t13-/m1/s1. The third-order valence-corrected chi connectivity index (χ3v) is 4.29. The first-order valence-electron chi connectivity index (χ1n) is 7.75. The number of fused-ring (bicyclic) bond motifs is 1. The summed E-state index contributed by atoms with van der Waals surface area (Å²) in [6.45, 7) is 5.46. The Morgan fingerprint density at radius 2 is 2.19 bits per heavy atom. The molecule has 1 saturated heterocycles. The van der Waals surface area contributed by atoms with Crippen LogP contribution in [-0.4, -0.2) is 65.2 Å². The summed E-state index contributed by atoms with van der Waals surface area (Å²) in [5.74, 6) is 0.537. The van der Waals surface area contributed by atoms with E-state index in [1.165, 1.54) is 5.69 Å². The molecule has 6 heteroatoms. The molecule has 21 heavy (non-hydrogen) atoms. The lowest BCUT2D eigenvalue weighted by molar-refractivity contribution is -0.135. The van der Waals surface area contributed by atoms with Gasteiger partial charge in [-0.3, -0.25) is 4.79 Å². The van der Waals surface area contributed by atoms with Gasteiger partial charge in [-0.25, -0.2) is 4.98 Å². The molecule has 3 heterocycles. The summed E-state index contributed by atoms with van der Waals surface area (Å²) in [5, 5.41) is 0. The lowest BCUT2D eigenvalue weighted by Crippen LogP contribution is -2.33. The number of nitrogens with zero attached hydrogens (tertiary/aromatic N) is 4. The van der Waals surface area contributed by atoms with Crippen LogP contribution < -0.4 is 0 Å². The molecule has 1 amide bonds. The maximum absolute atomic E-state index is 12.0. The van der Waals surface area contributed by atoms with Crippen molar-refractivity contribution in [3.05, 3.63) is 18.2 Å². The molecule has 1 fully saturated rings. The Morgan fingerprint density at radius 1 is 1.38 bits per heavy atom. The van der Waals surface area contributed by atoms with E-state index in [0.717, 1.165) is 45.6 Å². The summed E-state index contributed by atoms with van der Waals surface area (Å²) >= 11 is 0. The average molecular weight is 292 g/mol. The van der Waals surface area contributed by atoms with Crippen molar-refractivity contribution in [1.29, 1.82) is 0 Å². The van der Waals surface area contributed by atoms with Crippen LogP contribution in [-0.2, 0) is 22.6 Å². The molecule has 1 atom stereocenters. The smallest absolute Gasteiger partial charge is 0.248 e. The van der Waals surface area contributed by atoms with Gasteiger partial charge in [0.1, 0.15) is 6.61 Å². The Balaban J connectivity index is 1.47. The second-order valence-corrected chi connectivity index (χ2v) is 6.20. The largest absolute Gasteiger partial charge is 0.371 e. The number of aromatic nitrogens is 2. The number of hydrogen-bond acceptors (Lipinski definition) is 4. The molecule has 0 aliphatic carbocycles. The highest BCUT2D eigenvalue weighted by Gasteiger charge is 2.21. The summed E-state index contributed by atoms with van der Waals surface area (Å²) in [7, 11) is 2.12. The minimum Gasteiger partial charge on any atom is -0.371 e. The normalized spacial score (nSPS) is 23.1.